The summed E-state index contributed by atoms with van der Waals surface area (Å²) in [6.07, 6.45) is 3.16. The van der Waals surface area contributed by atoms with Crippen LogP contribution in [0.2, 0.25) is 0 Å². The van der Waals surface area contributed by atoms with Gasteiger partial charge < -0.3 is 0 Å². The van der Waals surface area contributed by atoms with Crippen molar-refractivity contribution in [3.63, 3.8) is 0 Å². The van der Waals surface area contributed by atoms with E-state index in [2.05, 4.69) is 39.6 Å². The van der Waals surface area contributed by atoms with Crippen LogP contribution in [0.25, 0.3) is 0 Å². The fourth-order valence-corrected chi connectivity index (χ4v) is 0.837. The van der Waals surface area contributed by atoms with Gasteiger partial charge in [-0.3, -0.25) is 4.99 Å². The number of nitrogens with zero attached hydrogens (tertiary/aromatic N) is 1. The van der Waals surface area contributed by atoms with Crippen molar-refractivity contribution < 1.29 is 0 Å². The number of hydrogen-bond acceptors (Lipinski definition) is 1. The molecule has 12 heavy (non-hydrogen) atoms. The van der Waals surface area contributed by atoms with E-state index in [0.717, 1.165) is 13.0 Å². The van der Waals surface area contributed by atoms with E-state index in [9.17, 15) is 0 Å². The molecule has 0 saturated heterocycles. The predicted octanol–water partition coefficient (Wildman–Crippen LogP) is 3.46. The van der Waals surface area contributed by atoms with Crippen molar-refractivity contribution in [1.29, 1.82) is 0 Å². The van der Waals surface area contributed by atoms with Gasteiger partial charge in [-0.1, -0.05) is 31.9 Å². The van der Waals surface area contributed by atoms with Gasteiger partial charge in [0.1, 0.15) is 0 Å². The largest absolute Gasteiger partial charge is 0.293 e. The predicted molar refractivity (Wildman–Crippen MR) is 56.9 cm³/mol. The Morgan fingerprint density at radius 1 is 1.25 bits per heavy atom. The van der Waals surface area contributed by atoms with Crippen molar-refractivity contribution in [3.05, 3.63) is 11.1 Å². The van der Waals surface area contributed by atoms with Crippen molar-refractivity contribution in [2.45, 2.75) is 41.0 Å². The molecule has 0 N–H and O–H groups in total. The fraction of sp³-hybridized carbons (Fsp3) is 0.727. The molecule has 0 rings (SSSR count). The Labute approximate surface area is 76.6 Å². The van der Waals surface area contributed by atoms with Crippen LogP contribution < -0.4 is 0 Å². The van der Waals surface area contributed by atoms with Crippen LogP contribution in [-0.2, 0) is 0 Å². The lowest BCUT2D eigenvalue weighted by Crippen LogP contribution is -1.92. The van der Waals surface area contributed by atoms with Crippen LogP contribution in [0.3, 0.4) is 0 Å². The molecule has 0 aliphatic heterocycles. The van der Waals surface area contributed by atoms with Crippen molar-refractivity contribution >= 4 is 6.21 Å². The van der Waals surface area contributed by atoms with Crippen LogP contribution in [0.5, 0.6) is 0 Å². The van der Waals surface area contributed by atoms with Gasteiger partial charge in [0, 0.05) is 6.21 Å². The molecule has 0 fully saturated rings. The fourth-order valence-electron chi connectivity index (χ4n) is 0.837. The molecule has 0 radical (unpaired) electrons. The van der Waals surface area contributed by atoms with Crippen LogP contribution in [0.1, 0.15) is 41.0 Å². The van der Waals surface area contributed by atoms with Crippen molar-refractivity contribution in [2.24, 2.45) is 10.9 Å². The lowest BCUT2D eigenvalue weighted by atomic mass is 10.1. The highest BCUT2D eigenvalue weighted by Gasteiger charge is 1.92. The van der Waals surface area contributed by atoms with Gasteiger partial charge in [-0.25, -0.2) is 0 Å². The second kappa shape index (κ2) is 5.99. The molecule has 0 bridgehead atoms. The Hall–Kier alpha value is -0.590. The minimum atomic E-state index is 0.569. The Bertz CT molecular complexity index is 175. The van der Waals surface area contributed by atoms with Crippen LogP contribution in [0, 0.1) is 5.92 Å². The van der Waals surface area contributed by atoms with Crippen molar-refractivity contribution in [1.82, 2.24) is 0 Å². The summed E-state index contributed by atoms with van der Waals surface area (Å²) >= 11 is 0. The smallest absolute Gasteiger partial charge is 0.0595 e. The zero-order valence-electron chi connectivity index (χ0n) is 9.02. The van der Waals surface area contributed by atoms with Crippen LogP contribution in [0.15, 0.2) is 16.1 Å². The monoisotopic (exact) mass is 167 g/mol. The molecule has 0 spiro atoms. The van der Waals surface area contributed by atoms with Gasteiger partial charge >= 0.3 is 0 Å². The highest BCUT2D eigenvalue weighted by Crippen LogP contribution is 2.06. The molecule has 0 aromatic carbocycles. The van der Waals surface area contributed by atoms with Gasteiger partial charge in [-0.2, -0.15) is 0 Å². The first-order valence-electron chi connectivity index (χ1n) is 4.73. The summed E-state index contributed by atoms with van der Waals surface area (Å²) in [6.45, 7) is 11.7. The number of hydrogen-bond donors (Lipinski definition) is 0. The molecular formula is C11H21N. The van der Waals surface area contributed by atoms with Crippen LogP contribution in [-0.4, -0.2) is 12.8 Å². The molecule has 0 aromatic heterocycles. The summed E-state index contributed by atoms with van der Waals surface area (Å²) in [5.74, 6) is 0.569. The maximum absolute atomic E-state index is 4.36. The second-order valence-electron chi connectivity index (χ2n) is 3.65. The van der Waals surface area contributed by atoms with E-state index in [1.54, 1.807) is 0 Å². The average molecular weight is 167 g/mol. The SMILES string of the molecule is CCC(C)=C(C)CN=CC(C)C. The highest BCUT2D eigenvalue weighted by atomic mass is 14.7. The molecule has 0 aliphatic carbocycles. The Morgan fingerprint density at radius 3 is 2.25 bits per heavy atom. The first-order valence-corrected chi connectivity index (χ1v) is 4.73. The highest BCUT2D eigenvalue weighted by molar-refractivity contribution is 5.59. The lowest BCUT2D eigenvalue weighted by molar-refractivity contribution is 0.895. The molecule has 0 unspecified atom stereocenters. The maximum Gasteiger partial charge on any atom is 0.0595 e. The summed E-state index contributed by atoms with van der Waals surface area (Å²) in [5, 5.41) is 0. The Kier molecular flexibility index (Phi) is 5.69. The minimum absolute atomic E-state index is 0.569. The van der Waals surface area contributed by atoms with E-state index in [4.69, 9.17) is 0 Å². The molecule has 1 nitrogen and oxygen atoms in total. The van der Waals surface area contributed by atoms with Gasteiger partial charge in [0.25, 0.3) is 0 Å². The summed E-state index contributed by atoms with van der Waals surface area (Å²) < 4.78 is 0. The van der Waals surface area contributed by atoms with E-state index in [1.165, 1.54) is 11.1 Å². The van der Waals surface area contributed by atoms with Gasteiger partial charge in [-0.15, -0.1) is 0 Å². The van der Waals surface area contributed by atoms with Crippen LogP contribution in [0.4, 0.5) is 0 Å². The average Bonchev–Trinajstić information content (AvgIpc) is 2.02. The normalized spacial score (nSPS) is 14.2. The Morgan fingerprint density at radius 2 is 1.83 bits per heavy atom. The molecule has 0 atom stereocenters. The third-order valence-corrected chi connectivity index (χ3v) is 1.99. The van der Waals surface area contributed by atoms with E-state index in [-0.39, 0.29) is 0 Å². The summed E-state index contributed by atoms with van der Waals surface area (Å²) in [5.41, 5.74) is 2.88. The minimum Gasteiger partial charge on any atom is -0.293 e. The molecule has 0 saturated carbocycles. The van der Waals surface area contributed by atoms with E-state index in [0.29, 0.717) is 5.92 Å². The Balaban J connectivity index is 3.93. The third-order valence-electron chi connectivity index (χ3n) is 1.99. The third kappa shape index (κ3) is 5.11. The number of rotatable bonds is 4. The van der Waals surface area contributed by atoms with Gasteiger partial charge in [0.2, 0.25) is 0 Å². The van der Waals surface area contributed by atoms with Crippen molar-refractivity contribution in [3.8, 4) is 0 Å². The second-order valence-corrected chi connectivity index (χ2v) is 3.65. The molecule has 1 heteroatoms. The number of allylic oxidation sites excluding steroid dienone is 1. The molecule has 70 valence electrons. The first kappa shape index (κ1) is 11.4. The molecule has 0 aliphatic rings. The van der Waals surface area contributed by atoms with E-state index in [1.807, 2.05) is 6.21 Å². The van der Waals surface area contributed by atoms with Gasteiger partial charge in [0.05, 0.1) is 6.54 Å². The number of aliphatic imine (C=N–C) groups is 1. The summed E-state index contributed by atoms with van der Waals surface area (Å²) in [4.78, 5) is 4.36. The zero-order chi connectivity index (χ0) is 9.56. The molecular weight excluding hydrogens is 146 g/mol. The van der Waals surface area contributed by atoms with Gasteiger partial charge in [-0.05, 0) is 26.2 Å². The van der Waals surface area contributed by atoms with Crippen molar-refractivity contribution in [2.75, 3.05) is 6.54 Å². The standard InChI is InChI=1S/C11H21N/c1-6-10(4)11(5)8-12-7-9(2)3/h7,9H,6,8H2,1-5H3. The van der Waals surface area contributed by atoms with Gasteiger partial charge in [0.15, 0.2) is 0 Å². The molecule has 0 amide bonds. The molecule has 0 heterocycles. The van der Waals surface area contributed by atoms with Crippen LogP contribution >= 0.6 is 0 Å². The quantitative estimate of drug-likeness (QED) is 0.449. The lowest BCUT2D eigenvalue weighted by Gasteiger charge is -2.01. The van der Waals surface area contributed by atoms with E-state index < -0.39 is 0 Å². The summed E-state index contributed by atoms with van der Waals surface area (Å²) in [7, 11) is 0. The maximum atomic E-state index is 4.36. The topological polar surface area (TPSA) is 12.4 Å². The zero-order valence-corrected chi connectivity index (χ0v) is 9.02. The molecule has 0 aromatic rings. The summed E-state index contributed by atoms with van der Waals surface area (Å²) in [6, 6.07) is 0. The van der Waals surface area contributed by atoms with E-state index >= 15 is 0 Å². The first-order chi connectivity index (χ1) is 5.57.